The minimum atomic E-state index is -0.932. The standard InChI is InChI=1S/C18H19N3O5/c1-3-26-15-7-5-4-6-13(15)20-17(23)18(24)21-19-11-12-8-9-14(22)16(10-12)25-2/h4-11,22H,3H2,1-2H3,(H,20,23)(H,21,24)/b19-11-. The molecule has 0 fully saturated rings. The summed E-state index contributed by atoms with van der Waals surface area (Å²) in [5.74, 6) is -1.08. The third-order valence-corrected chi connectivity index (χ3v) is 3.22. The Morgan fingerprint density at radius 2 is 1.92 bits per heavy atom. The van der Waals surface area contributed by atoms with Gasteiger partial charge in [0.25, 0.3) is 0 Å². The van der Waals surface area contributed by atoms with Crippen LogP contribution in [-0.4, -0.2) is 36.9 Å². The van der Waals surface area contributed by atoms with Gasteiger partial charge in [0.05, 0.1) is 25.6 Å². The van der Waals surface area contributed by atoms with Crippen LogP contribution in [0.25, 0.3) is 0 Å². The van der Waals surface area contributed by atoms with Crippen LogP contribution in [0.4, 0.5) is 5.69 Å². The highest BCUT2D eigenvalue weighted by Crippen LogP contribution is 2.25. The number of methoxy groups -OCH3 is 1. The lowest BCUT2D eigenvalue weighted by atomic mass is 10.2. The summed E-state index contributed by atoms with van der Waals surface area (Å²) in [5, 5.41) is 15.7. The van der Waals surface area contributed by atoms with Gasteiger partial charge in [-0.25, -0.2) is 5.43 Å². The number of ether oxygens (including phenoxy) is 2. The molecule has 2 rings (SSSR count). The van der Waals surface area contributed by atoms with Crippen molar-refractivity contribution in [3.05, 3.63) is 48.0 Å². The molecule has 0 spiro atoms. The number of amides is 2. The number of nitrogens with zero attached hydrogens (tertiary/aromatic N) is 1. The summed E-state index contributed by atoms with van der Waals surface area (Å²) in [6.07, 6.45) is 1.32. The topological polar surface area (TPSA) is 109 Å². The molecule has 0 unspecified atom stereocenters. The van der Waals surface area contributed by atoms with E-state index in [1.54, 1.807) is 30.3 Å². The van der Waals surface area contributed by atoms with Crippen molar-refractivity contribution in [1.29, 1.82) is 0 Å². The number of hydrogen-bond donors (Lipinski definition) is 3. The van der Waals surface area contributed by atoms with E-state index in [0.29, 0.717) is 23.6 Å². The van der Waals surface area contributed by atoms with Crippen LogP contribution in [-0.2, 0) is 9.59 Å². The molecule has 0 aliphatic carbocycles. The second-order valence-corrected chi connectivity index (χ2v) is 5.01. The lowest BCUT2D eigenvalue weighted by Gasteiger charge is -2.10. The predicted molar refractivity (Wildman–Crippen MR) is 96.6 cm³/mol. The fraction of sp³-hybridized carbons (Fsp3) is 0.167. The Kier molecular flexibility index (Phi) is 6.55. The predicted octanol–water partition coefficient (Wildman–Crippen LogP) is 1.89. The number of rotatable bonds is 6. The molecule has 2 amide bonds. The molecule has 0 aliphatic heterocycles. The molecule has 2 aromatic rings. The zero-order chi connectivity index (χ0) is 18.9. The van der Waals surface area contributed by atoms with E-state index < -0.39 is 11.8 Å². The third-order valence-electron chi connectivity index (χ3n) is 3.22. The molecule has 0 radical (unpaired) electrons. The summed E-state index contributed by atoms with van der Waals surface area (Å²) >= 11 is 0. The first-order valence-corrected chi connectivity index (χ1v) is 7.78. The molecular formula is C18H19N3O5. The number of hydrazone groups is 1. The number of nitrogens with one attached hydrogen (secondary N) is 2. The SMILES string of the molecule is CCOc1ccccc1NC(=O)C(=O)N/N=C\c1ccc(O)c(OC)c1. The highest BCUT2D eigenvalue weighted by molar-refractivity contribution is 6.39. The Bertz CT molecular complexity index is 820. The fourth-order valence-electron chi connectivity index (χ4n) is 2.02. The van der Waals surface area contributed by atoms with Crippen molar-refractivity contribution in [2.45, 2.75) is 6.92 Å². The lowest BCUT2D eigenvalue weighted by Crippen LogP contribution is -2.32. The van der Waals surface area contributed by atoms with Crippen molar-refractivity contribution in [1.82, 2.24) is 5.43 Å². The maximum absolute atomic E-state index is 12.0. The van der Waals surface area contributed by atoms with Gasteiger partial charge in [0.1, 0.15) is 5.75 Å². The van der Waals surface area contributed by atoms with E-state index in [4.69, 9.17) is 9.47 Å². The number of carbonyl (C=O) groups is 2. The first-order valence-electron chi connectivity index (χ1n) is 7.78. The normalized spacial score (nSPS) is 10.4. The van der Waals surface area contributed by atoms with Gasteiger partial charge < -0.3 is 19.9 Å². The average Bonchev–Trinajstić information content (AvgIpc) is 2.64. The van der Waals surface area contributed by atoms with E-state index in [-0.39, 0.29) is 11.5 Å². The maximum Gasteiger partial charge on any atom is 0.329 e. The van der Waals surface area contributed by atoms with E-state index in [1.807, 2.05) is 6.92 Å². The van der Waals surface area contributed by atoms with Gasteiger partial charge in [0, 0.05) is 0 Å². The third kappa shape index (κ3) is 4.97. The number of aromatic hydroxyl groups is 1. The summed E-state index contributed by atoms with van der Waals surface area (Å²) in [6, 6.07) is 11.3. The van der Waals surface area contributed by atoms with Crippen molar-refractivity contribution < 1.29 is 24.2 Å². The quantitative estimate of drug-likeness (QED) is 0.415. The summed E-state index contributed by atoms with van der Waals surface area (Å²) in [5.41, 5.74) is 3.09. The molecule has 0 atom stereocenters. The Morgan fingerprint density at radius 3 is 2.65 bits per heavy atom. The molecule has 0 heterocycles. The summed E-state index contributed by atoms with van der Waals surface area (Å²) in [6.45, 7) is 2.25. The highest BCUT2D eigenvalue weighted by Gasteiger charge is 2.15. The van der Waals surface area contributed by atoms with Crippen molar-refractivity contribution in [3.8, 4) is 17.2 Å². The number of para-hydroxylation sites is 2. The largest absolute Gasteiger partial charge is 0.504 e. The zero-order valence-electron chi connectivity index (χ0n) is 14.4. The minimum absolute atomic E-state index is 0.0129. The number of hydrogen-bond acceptors (Lipinski definition) is 6. The van der Waals surface area contributed by atoms with Gasteiger partial charge in [-0.3, -0.25) is 9.59 Å². The van der Waals surface area contributed by atoms with Crippen LogP contribution in [0.2, 0.25) is 0 Å². The van der Waals surface area contributed by atoms with Crippen LogP contribution in [0.1, 0.15) is 12.5 Å². The van der Waals surface area contributed by atoms with Gasteiger partial charge >= 0.3 is 11.8 Å². The Morgan fingerprint density at radius 1 is 1.15 bits per heavy atom. The van der Waals surface area contributed by atoms with Gasteiger partial charge in [0.2, 0.25) is 0 Å². The van der Waals surface area contributed by atoms with Crippen LogP contribution in [0.5, 0.6) is 17.2 Å². The van der Waals surface area contributed by atoms with Crippen LogP contribution < -0.4 is 20.2 Å². The molecule has 8 heteroatoms. The second-order valence-electron chi connectivity index (χ2n) is 5.01. The Hall–Kier alpha value is -3.55. The van der Waals surface area contributed by atoms with Crippen molar-refractivity contribution >= 4 is 23.7 Å². The number of carbonyl (C=O) groups excluding carboxylic acids is 2. The van der Waals surface area contributed by atoms with Crippen LogP contribution in [0.3, 0.4) is 0 Å². The molecule has 0 aliphatic rings. The van der Waals surface area contributed by atoms with Crippen LogP contribution in [0, 0.1) is 0 Å². The van der Waals surface area contributed by atoms with E-state index >= 15 is 0 Å². The Balaban J connectivity index is 1.96. The molecule has 26 heavy (non-hydrogen) atoms. The first kappa shape index (κ1) is 18.8. The molecule has 3 N–H and O–H groups in total. The highest BCUT2D eigenvalue weighted by atomic mass is 16.5. The summed E-state index contributed by atoms with van der Waals surface area (Å²) in [4.78, 5) is 23.8. The Labute approximate surface area is 150 Å². The minimum Gasteiger partial charge on any atom is -0.504 e. The molecule has 2 aromatic carbocycles. The fourth-order valence-corrected chi connectivity index (χ4v) is 2.02. The monoisotopic (exact) mass is 357 g/mol. The average molecular weight is 357 g/mol. The van der Waals surface area contributed by atoms with Crippen LogP contribution >= 0.6 is 0 Å². The smallest absolute Gasteiger partial charge is 0.329 e. The lowest BCUT2D eigenvalue weighted by molar-refractivity contribution is -0.136. The molecule has 8 nitrogen and oxygen atoms in total. The number of anilines is 1. The van der Waals surface area contributed by atoms with Crippen molar-refractivity contribution in [3.63, 3.8) is 0 Å². The zero-order valence-corrected chi connectivity index (χ0v) is 14.4. The van der Waals surface area contributed by atoms with Crippen molar-refractivity contribution in [2.24, 2.45) is 5.10 Å². The second kappa shape index (κ2) is 9.07. The van der Waals surface area contributed by atoms with Gasteiger partial charge in [-0.15, -0.1) is 0 Å². The molecule has 0 saturated carbocycles. The number of phenols is 1. The van der Waals surface area contributed by atoms with E-state index in [0.717, 1.165) is 0 Å². The summed E-state index contributed by atoms with van der Waals surface area (Å²) < 4.78 is 10.4. The molecular weight excluding hydrogens is 338 g/mol. The maximum atomic E-state index is 12.0. The number of benzene rings is 2. The van der Waals surface area contributed by atoms with Gasteiger partial charge in [-0.05, 0) is 42.8 Å². The molecule has 136 valence electrons. The van der Waals surface area contributed by atoms with Gasteiger partial charge in [0.15, 0.2) is 11.5 Å². The van der Waals surface area contributed by atoms with E-state index in [9.17, 15) is 14.7 Å². The molecule has 0 saturated heterocycles. The molecule has 0 bridgehead atoms. The van der Waals surface area contributed by atoms with Crippen molar-refractivity contribution in [2.75, 3.05) is 19.0 Å². The number of phenolic OH excluding ortho intramolecular Hbond substituents is 1. The summed E-state index contributed by atoms with van der Waals surface area (Å²) in [7, 11) is 1.42. The van der Waals surface area contributed by atoms with Gasteiger partial charge in [-0.1, -0.05) is 12.1 Å². The van der Waals surface area contributed by atoms with Crippen LogP contribution in [0.15, 0.2) is 47.6 Å². The van der Waals surface area contributed by atoms with Gasteiger partial charge in [-0.2, -0.15) is 5.10 Å². The van der Waals surface area contributed by atoms with E-state index in [1.165, 1.54) is 25.5 Å². The molecule has 0 aromatic heterocycles. The van der Waals surface area contributed by atoms with E-state index in [2.05, 4.69) is 15.8 Å². The first-order chi connectivity index (χ1) is 12.5.